The minimum absolute atomic E-state index is 0.241. The molecule has 0 amide bonds. The number of aromatic nitrogens is 1. The predicted molar refractivity (Wildman–Crippen MR) is 68.1 cm³/mol. The quantitative estimate of drug-likeness (QED) is 0.746. The second kappa shape index (κ2) is 6.47. The zero-order valence-electron chi connectivity index (χ0n) is 11.1. The van der Waals surface area contributed by atoms with Crippen molar-refractivity contribution >= 4 is 5.97 Å². The van der Waals surface area contributed by atoms with Gasteiger partial charge in [-0.25, -0.2) is 4.79 Å². The van der Waals surface area contributed by atoms with Crippen LogP contribution in [0, 0.1) is 0 Å². The molecule has 0 aliphatic carbocycles. The Bertz CT molecular complexity index is 379. The molecule has 0 bridgehead atoms. The van der Waals surface area contributed by atoms with Crippen LogP contribution in [0.4, 0.5) is 0 Å². The lowest BCUT2D eigenvalue weighted by molar-refractivity contribution is -0.161. The molecular weight excluding hydrogens is 232 g/mol. The van der Waals surface area contributed by atoms with Gasteiger partial charge in [0.2, 0.25) is 0 Å². The van der Waals surface area contributed by atoms with E-state index in [0.29, 0.717) is 0 Å². The van der Waals surface area contributed by atoms with Gasteiger partial charge in [0.05, 0.1) is 7.11 Å². The molecule has 0 aromatic carbocycles. The van der Waals surface area contributed by atoms with Crippen LogP contribution in [-0.2, 0) is 16.0 Å². The first kappa shape index (κ1) is 14.6. The van der Waals surface area contributed by atoms with Crippen LogP contribution in [-0.4, -0.2) is 53.8 Å². The highest BCUT2D eigenvalue weighted by Crippen LogP contribution is 2.08. The molecule has 0 fully saturated rings. The predicted octanol–water partition coefficient (Wildman–Crippen LogP) is 0.480. The van der Waals surface area contributed by atoms with E-state index >= 15 is 0 Å². The SMILES string of the molecule is COC(=O)C(C)(O)CN(C)CCc1ccncc1. The van der Waals surface area contributed by atoms with E-state index in [9.17, 15) is 9.90 Å². The van der Waals surface area contributed by atoms with Crippen LogP contribution in [0.5, 0.6) is 0 Å². The van der Waals surface area contributed by atoms with E-state index in [4.69, 9.17) is 0 Å². The molecule has 1 unspecified atom stereocenters. The maximum Gasteiger partial charge on any atom is 0.338 e. The number of methoxy groups -OCH3 is 1. The summed E-state index contributed by atoms with van der Waals surface area (Å²) in [5.74, 6) is -0.613. The van der Waals surface area contributed by atoms with E-state index in [-0.39, 0.29) is 6.54 Å². The summed E-state index contributed by atoms with van der Waals surface area (Å²) in [6.45, 7) is 2.45. The first-order valence-electron chi connectivity index (χ1n) is 5.84. The monoisotopic (exact) mass is 252 g/mol. The second-order valence-corrected chi connectivity index (χ2v) is 4.61. The lowest BCUT2D eigenvalue weighted by Crippen LogP contribution is -2.46. The topological polar surface area (TPSA) is 62.7 Å². The highest BCUT2D eigenvalue weighted by atomic mass is 16.5. The number of pyridine rings is 1. The first-order valence-corrected chi connectivity index (χ1v) is 5.84. The van der Waals surface area contributed by atoms with Crippen molar-refractivity contribution in [2.75, 3.05) is 27.2 Å². The number of hydrogen-bond donors (Lipinski definition) is 1. The van der Waals surface area contributed by atoms with E-state index in [1.54, 1.807) is 12.4 Å². The lowest BCUT2D eigenvalue weighted by atomic mass is 10.1. The van der Waals surface area contributed by atoms with Crippen LogP contribution in [0.2, 0.25) is 0 Å². The molecule has 0 saturated heterocycles. The van der Waals surface area contributed by atoms with Gasteiger partial charge in [0, 0.05) is 25.5 Å². The van der Waals surface area contributed by atoms with Crippen LogP contribution < -0.4 is 0 Å². The van der Waals surface area contributed by atoms with E-state index in [0.717, 1.165) is 13.0 Å². The normalized spacial score (nSPS) is 14.3. The van der Waals surface area contributed by atoms with Crippen LogP contribution in [0.25, 0.3) is 0 Å². The Morgan fingerprint density at radius 1 is 1.50 bits per heavy atom. The molecule has 1 heterocycles. The summed E-state index contributed by atoms with van der Waals surface area (Å²) in [6, 6.07) is 3.90. The van der Waals surface area contributed by atoms with Gasteiger partial charge in [-0.05, 0) is 38.1 Å². The van der Waals surface area contributed by atoms with Gasteiger partial charge in [-0.15, -0.1) is 0 Å². The van der Waals surface area contributed by atoms with Crippen molar-refractivity contribution in [3.63, 3.8) is 0 Å². The van der Waals surface area contributed by atoms with E-state index in [2.05, 4.69) is 9.72 Å². The van der Waals surface area contributed by atoms with Crippen LogP contribution in [0.1, 0.15) is 12.5 Å². The van der Waals surface area contributed by atoms with E-state index in [1.807, 2.05) is 24.1 Å². The van der Waals surface area contributed by atoms with Crippen molar-refractivity contribution in [2.45, 2.75) is 18.9 Å². The van der Waals surface area contributed by atoms with Gasteiger partial charge in [0.25, 0.3) is 0 Å². The number of hydrogen-bond acceptors (Lipinski definition) is 5. The molecule has 0 radical (unpaired) electrons. The molecule has 18 heavy (non-hydrogen) atoms. The average molecular weight is 252 g/mol. The Kier molecular flexibility index (Phi) is 5.25. The minimum Gasteiger partial charge on any atom is -0.467 e. The molecule has 1 atom stereocenters. The summed E-state index contributed by atoms with van der Waals surface area (Å²) in [7, 11) is 3.13. The Balaban J connectivity index is 2.42. The maximum absolute atomic E-state index is 11.3. The van der Waals surface area contributed by atoms with Gasteiger partial charge < -0.3 is 14.7 Å². The number of rotatable bonds is 6. The van der Waals surface area contributed by atoms with Crippen LogP contribution in [0.3, 0.4) is 0 Å². The number of carbonyl (C=O) groups excluding carboxylic acids is 1. The summed E-state index contributed by atoms with van der Waals surface area (Å²) in [5.41, 5.74) is -0.295. The second-order valence-electron chi connectivity index (χ2n) is 4.61. The standard InChI is InChI=1S/C13H20N2O3/c1-13(17,12(16)18-3)10-15(2)9-6-11-4-7-14-8-5-11/h4-5,7-8,17H,6,9-10H2,1-3H3. The summed E-state index contributed by atoms with van der Waals surface area (Å²) >= 11 is 0. The van der Waals surface area contributed by atoms with Crippen molar-refractivity contribution in [2.24, 2.45) is 0 Å². The Morgan fingerprint density at radius 2 is 2.11 bits per heavy atom. The Hall–Kier alpha value is -1.46. The third kappa shape index (κ3) is 4.43. The van der Waals surface area contributed by atoms with Crippen molar-refractivity contribution in [1.29, 1.82) is 0 Å². The van der Waals surface area contributed by atoms with Gasteiger partial charge in [0.1, 0.15) is 0 Å². The Labute approximate surface area is 107 Å². The summed E-state index contributed by atoms with van der Waals surface area (Å²) in [6.07, 6.45) is 4.34. The molecule has 1 rings (SSSR count). The molecule has 0 spiro atoms. The third-order valence-corrected chi connectivity index (χ3v) is 2.73. The minimum atomic E-state index is -1.47. The zero-order valence-corrected chi connectivity index (χ0v) is 11.1. The maximum atomic E-state index is 11.3. The highest BCUT2D eigenvalue weighted by molar-refractivity contribution is 5.78. The number of aliphatic hydroxyl groups is 1. The molecule has 5 heteroatoms. The molecule has 5 nitrogen and oxygen atoms in total. The molecule has 1 N–H and O–H groups in total. The molecular formula is C13H20N2O3. The zero-order chi connectivity index (χ0) is 13.6. The number of esters is 1. The van der Waals surface area contributed by atoms with Gasteiger partial charge in [-0.3, -0.25) is 4.98 Å². The fourth-order valence-electron chi connectivity index (χ4n) is 1.76. The Morgan fingerprint density at radius 3 is 2.67 bits per heavy atom. The number of carbonyl (C=O) groups is 1. The van der Waals surface area contributed by atoms with Gasteiger partial charge in [-0.1, -0.05) is 0 Å². The number of likely N-dealkylation sites (N-methyl/N-ethyl adjacent to an activating group) is 1. The highest BCUT2D eigenvalue weighted by Gasteiger charge is 2.32. The average Bonchev–Trinajstić information content (AvgIpc) is 2.36. The van der Waals surface area contributed by atoms with Crippen molar-refractivity contribution < 1.29 is 14.6 Å². The number of nitrogens with zero attached hydrogens (tertiary/aromatic N) is 2. The van der Waals surface area contributed by atoms with Crippen molar-refractivity contribution in [1.82, 2.24) is 9.88 Å². The first-order chi connectivity index (χ1) is 8.45. The molecule has 0 aliphatic rings. The molecule has 0 saturated carbocycles. The van der Waals surface area contributed by atoms with Crippen LogP contribution in [0.15, 0.2) is 24.5 Å². The van der Waals surface area contributed by atoms with Crippen molar-refractivity contribution in [3.8, 4) is 0 Å². The molecule has 1 aromatic rings. The fourth-order valence-corrected chi connectivity index (χ4v) is 1.76. The third-order valence-electron chi connectivity index (χ3n) is 2.73. The van der Waals surface area contributed by atoms with Gasteiger partial charge >= 0.3 is 5.97 Å². The molecule has 100 valence electrons. The fraction of sp³-hybridized carbons (Fsp3) is 0.538. The van der Waals surface area contributed by atoms with Gasteiger partial charge in [0.15, 0.2) is 5.60 Å². The van der Waals surface area contributed by atoms with Crippen LogP contribution >= 0.6 is 0 Å². The summed E-state index contributed by atoms with van der Waals surface area (Å²) < 4.78 is 4.55. The van der Waals surface area contributed by atoms with Crippen molar-refractivity contribution in [3.05, 3.63) is 30.1 Å². The summed E-state index contributed by atoms with van der Waals surface area (Å²) in [4.78, 5) is 17.2. The molecule has 0 aliphatic heterocycles. The molecule has 1 aromatic heterocycles. The van der Waals surface area contributed by atoms with E-state index < -0.39 is 11.6 Å². The lowest BCUT2D eigenvalue weighted by Gasteiger charge is -2.26. The smallest absolute Gasteiger partial charge is 0.338 e. The number of ether oxygens (including phenoxy) is 1. The largest absolute Gasteiger partial charge is 0.467 e. The summed E-state index contributed by atoms with van der Waals surface area (Å²) in [5, 5.41) is 9.92. The van der Waals surface area contributed by atoms with Gasteiger partial charge in [-0.2, -0.15) is 0 Å². The van der Waals surface area contributed by atoms with E-state index in [1.165, 1.54) is 19.6 Å².